The highest BCUT2D eigenvalue weighted by Gasteiger charge is 2.17. The Labute approximate surface area is 719 Å². The number of H-pyrrole nitrogens is 1. The van der Waals surface area contributed by atoms with Crippen molar-refractivity contribution in [1.29, 1.82) is 0 Å². The highest BCUT2D eigenvalue weighted by atomic mass is 16.5. The molecule has 1 aliphatic carbocycles. The minimum Gasteiger partial charge on any atom is -0.491 e. The maximum Gasteiger partial charge on any atom is 0.251 e. The summed E-state index contributed by atoms with van der Waals surface area (Å²) in [5.74, 6) is 1.87. The maximum absolute atomic E-state index is 11.6. The molecule has 1 N–H and O–H groups in total. The predicted molar refractivity (Wildman–Crippen MR) is 505 cm³/mol. The topological polar surface area (TPSA) is 227 Å². The van der Waals surface area contributed by atoms with Gasteiger partial charge in [0, 0.05) is 162 Å². The van der Waals surface area contributed by atoms with Crippen molar-refractivity contribution in [2.75, 3.05) is 6.61 Å². The summed E-state index contributed by atoms with van der Waals surface area (Å²) in [6.45, 7) is 50.6. The number of aromatic nitrogens is 9. The van der Waals surface area contributed by atoms with Crippen molar-refractivity contribution in [3.63, 3.8) is 0 Å². The Kier molecular flexibility index (Phi) is 52.8. The molecule has 11 aromatic rings. The number of allylic oxidation sites excluding steroid dienone is 1. The third-order valence-electron chi connectivity index (χ3n) is 18.7. The van der Waals surface area contributed by atoms with E-state index in [1.807, 2.05) is 216 Å². The number of nitrogens with one attached hydrogen (secondary N) is 1. The van der Waals surface area contributed by atoms with Crippen LogP contribution in [0.4, 0.5) is 0 Å². The van der Waals surface area contributed by atoms with Crippen LogP contribution in [0.15, 0.2) is 282 Å². The fourth-order valence-electron chi connectivity index (χ4n) is 11.1. The van der Waals surface area contributed by atoms with Gasteiger partial charge in [-0.1, -0.05) is 109 Å². The van der Waals surface area contributed by atoms with Crippen molar-refractivity contribution in [1.82, 2.24) is 41.5 Å². The van der Waals surface area contributed by atoms with Gasteiger partial charge < -0.3 is 51.0 Å². The second-order valence-corrected chi connectivity index (χ2v) is 30.2. The van der Waals surface area contributed by atoms with Gasteiger partial charge in [-0.15, -0.1) is 6.58 Å². The lowest BCUT2D eigenvalue weighted by Crippen LogP contribution is -2.21. The van der Waals surface area contributed by atoms with Gasteiger partial charge >= 0.3 is 0 Å². The molecule has 656 valence electrons. The number of hydrogen-bond acceptors (Lipinski definition) is 11. The monoisotopic (exact) mass is 1660 g/mol. The van der Waals surface area contributed by atoms with Crippen molar-refractivity contribution < 1.29 is 9.47 Å². The number of nitrogens with zero attached hydrogens (tertiary/aromatic N) is 8. The highest BCUT2D eigenvalue weighted by molar-refractivity contribution is 5.28. The molecule has 20 nitrogen and oxygen atoms in total. The maximum atomic E-state index is 11.6. The molecule has 1 saturated carbocycles. The molecule has 20 heteroatoms. The highest BCUT2D eigenvalue weighted by Crippen LogP contribution is 2.28. The summed E-state index contributed by atoms with van der Waals surface area (Å²) in [4.78, 5) is 103. The number of aryl methyl sites for hydroxylation is 15. The Morgan fingerprint density at radius 2 is 0.802 bits per heavy atom. The molecule has 0 amide bonds. The van der Waals surface area contributed by atoms with Gasteiger partial charge in [-0.05, 0) is 278 Å². The first kappa shape index (κ1) is 107. The zero-order valence-corrected chi connectivity index (χ0v) is 75.6. The van der Waals surface area contributed by atoms with Crippen LogP contribution in [0.2, 0.25) is 0 Å². The van der Waals surface area contributed by atoms with E-state index in [9.17, 15) is 43.2 Å². The number of unbranched alkanes of at least 4 members (excludes halogenated alkanes) is 1. The van der Waals surface area contributed by atoms with Gasteiger partial charge in [0.1, 0.15) is 18.1 Å². The summed E-state index contributed by atoms with van der Waals surface area (Å²) < 4.78 is 24.6. The lowest BCUT2D eigenvalue weighted by molar-refractivity contribution is 0.217. The second-order valence-electron chi connectivity index (χ2n) is 30.2. The van der Waals surface area contributed by atoms with E-state index in [2.05, 4.69) is 85.7 Å². The fraction of sp³-hybridized carbons (Fsp3) is 0.396. The standard InChI is InChI=1S/C11H15NO.C11H16O.2C10H15NO.C10H12O.2C9H13NO.C9H11NO.C8H11NO.C7H9NO.C6H7NO.CH4/c1-9-6-7-12(11(13)8-9)10-4-2-3-5-10;1-4-10(3)12-11-7-5-9(2)6-8-11;1-4-9(3)11-6-5-8(2)7-10(11)12;1-3-4-6-11-7-5-9(2)8-10(11)12;1-3-8-11-10-6-4-9(2)5-7-10;1-7(2)10-5-4-8(3)6-9(10)11;2*1-3-5-10-6-4-8(2)7-9(10)11;1-3-9-5-4-7(2)6-8(9)10;1-6-3-4-8(2)7(9)5-6;1-5-2-3-7-6(8)4-5;/h6-8,10H,2-5H2,1H3;5-8,10H,4H2,1-3H3;5-7,9H,4H2,1-3H3;5,7-8H,3-4,6H2,1-2H3;3-7H,1,8H2,2H3;4-7H,1-3H3;4,6-7H,3,5H2,1-2H3;3-4,6-7H,1,5H2,2H3;4-6H,3H2,1-2H3;3-5H,1-2H3;2-4H,1H3,(H,7,8);1H4. The number of pyridine rings is 9. The first-order valence-electron chi connectivity index (χ1n) is 41.7. The molecule has 0 radical (unpaired) electrons. The summed E-state index contributed by atoms with van der Waals surface area (Å²) in [5, 5.41) is 0. The molecule has 0 aliphatic heterocycles. The lowest BCUT2D eigenvalue weighted by atomic mass is 10.2. The Morgan fingerprint density at radius 3 is 1.17 bits per heavy atom. The van der Waals surface area contributed by atoms with Crippen LogP contribution in [-0.2, 0) is 33.2 Å². The van der Waals surface area contributed by atoms with Gasteiger partial charge in [-0.3, -0.25) is 43.2 Å². The van der Waals surface area contributed by atoms with Crippen LogP contribution in [0, 0.1) is 76.2 Å². The minimum absolute atomic E-state index is 0. The van der Waals surface area contributed by atoms with Crippen molar-refractivity contribution in [2.45, 2.75) is 254 Å². The Hall–Kier alpha value is -11.9. The fourth-order valence-corrected chi connectivity index (χ4v) is 11.1. The van der Waals surface area contributed by atoms with Gasteiger partial charge in [0.25, 0.3) is 44.5 Å². The molecular weight excluding hydrogens is 1520 g/mol. The molecule has 1 aliphatic rings. The quantitative estimate of drug-likeness (QED) is 0.0795. The van der Waals surface area contributed by atoms with Crippen LogP contribution < -0.4 is 59.5 Å². The molecule has 12 rings (SSSR count). The van der Waals surface area contributed by atoms with Crippen LogP contribution in [0.25, 0.3) is 0 Å². The first-order chi connectivity index (χ1) is 57.0. The molecule has 121 heavy (non-hydrogen) atoms. The average molecular weight is 1660 g/mol. The van der Waals surface area contributed by atoms with Crippen LogP contribution >= 0.6 is 0 Å². The van der Waals surface area contributed by atoms with Crippen LogP contribution in [0.1, 0.15) is 207 Å². The number of ether oxygens (including phenoxy) is 2. The van der Waals surface area contributed by atoms with Gasteiger partial charge in [0.05, 0.1) is 6.10 Å². The van der Waals surface area contributed by atoms with Crippen molar-refractivity contribution in [2.24, 2.45) is 7.05 Å². The molecule has 0 bridgehead atoms. The second kappa shape index (κ2) is 59.7. The van der Waals surface area contributed by atoms with E-state index in [0.717, 1.165) is 113 Å². The summed E-state index contributed by atoms with van der Waals surface area (Å²) in [7, 11) is 1.74. The van der Waals surface area contributed by atoms with Crippen LogP contribution in [0.3, 0.4) is 0 Å². The molecule has 0 saturated heterocycles. The zero-order chi connectivity index (χ0) is 89.8. The summed E-state index contributed by atoms with van der Waals surface area (Å²) in [5.41, 5.74) is 12.4. The van der Waals surface area contributed by atoms with Crippen molar-refractivity contribution in [3.8, 4) is 11.5 Å². The van der Waals surface area contributed by atoms with E-state index in [-0.39, 0.29) is 63.5 Å². The normalized spacial score (nSPS) is 11.2. The smallest absolute Gasteiger partial charge is 0.251 e. The number of benzene rings is 2. The molecule has 2 atom stereocenters. The van der Waals surface area contributed by atoms with Crippen molar-refractivity contribution >= 4 is 0 Å². The number of hydrogen-bond donors (Lipinski definition) is 1. The average Bonchev–Trinajstić information content (AvgIpc) is 1.76. The van der Waals surface area contributed by atoms with Gasteiger partial charge in [0.15, 0.2) is 0 Å². The Balaban J connectivity index is 0.000000666. The summed E-state index contributed by atoms with van der Waals surface area (Å²) >= 11 is 0. The third kappa shape index (κ3) is 44.6. The van der Waals surface area contributed by atoms with Crippen molar-refractivity contribution in [3.05, 3.63) is 393 Å². The molecule has 0 spiro atoms. The summed E-state index contributed by atoms with van der Waals surface area (Å²) in [6.07, 6.45) is 30.2. The Bertz CT molecular complexity index is 5380. The molecular formula is C101H141N9O11. The SMILES string of the molecule is C.C=CCOc1ccc(C)cc1.C=CCn1ccc(C)cc1=O.CCC(C)Oc1ccc(C)cc1.CCC(C)n1ccc(C)cc1=O.CCCCn1ccc(C)cc1=O.CCCn1ccc(C)cc1=O.CCn1ccc(C)cc1=O.Cc1cc[nH]c(=O)c1.Cc1ccn(C(C)C)c(=O)c1.Cc1ccn(C)c(=O)c1.Cc1ccn(C2CCCC2)c(=O)c1. The van der Waals surface area contributed by atoms with Gasteiger partial charge in [0.2, 0.25) is 5.56 Å². The Morgan fingerprint density at radius 1 is 0.405 bits per heavy atom. The van der Waals surface area contributed by atoms with E-state index >= 15 is 0 Å². The third-order valence-corrected chi connectivity index (χ3v) is 18.7. The summed E-state index contributed by atoms with van der Waals surface area (Å²) in [6, 6.07) is 49.4. The van der Waals surface area contributed by atoms with E-state index in [4.69, 9.17) is 9.47 Å². The molecule has 1 fully saturated rings. The minimum atomic E-state index is -0.0370. The zero-order valence-electron chi connectivity index (χ0n) is 75.6. The van der Waals surface area contributed by atoms with E-state index in [1.165, 1.54) is 36.8 Å². The van der Waals surface area contributed by atoms with E-state index in [0.29, 0.717) is 31.3 Å². The molecule has 2 unspecified atom stereocenters. The number of aromatic amines is 1. The molecule has 2 aromatic carbocycles. The van der Waals surface area contributed by atoms with Gasteiger partial charge in [-0.25, -0.2) is 0 Å². The first-order valence-corrected chi connectivity index (χ1v) is 41.7. The largest absolute Gasteiger partial charge is 0.491 e. The predicted octanol–water partition coefficient (Wildman–Crippen LogP) is 19.9. The lowest BCUT2D eigenvalue weighted by Gasteiger charge is -2.12. The van der Waals surface area contributed by atoms with Crippen LogP contribution in [-0.4, -0.2) is 54.2 Å². The molecule has 9 aromatic heterocycles. The van der Waals surface area contributed by atoms with Crippen LogP contribution in [0.5, 0.6) is 11.5 Å². The number of rotatable bonds is 18. The molecule has 9 heterocycles. The van der Waals surface area contributed by atoms with E-state index in [1.54, 1.807) is 124 Å². The van der Waals surface area contributed by atoms with E-state index < -0.39 is 0 Å². The van der Waals surface area contributed by atoms with Gasteiger partial charge in [-0.2, -0.15) is 0 Å².